The SMILES string of the molecule is CCN(C)C(=O)c1cncc(Cl)n1. The summed E-state index contributed by atoms with van der Waals surface area (Å²) < 4.78 is 0. The molecule has 1 aromatic rings. The summed E-state index contributed by atoms with van der Waals surface area (Å²) in [5.41, 5.74) is 0.275. The van der Waals surface area contributed by atoms with E-state index >= 15 is 0 Å². The first kappa shape index (κ1) is 9.92. The van der Waals surface area contributed by atoms with E-state index < -0.39 is 0 Å². The van der Waals surface area contributed by atoms with E-state index in [0.29, 0.717) is 6.54 Å². The Hall–Kier alpha value is -1.16. The molecule has 0 spiro atoms. The molecule has 5 heteroatoms. The Morgan fingerprint density at radius 1 is 1.62 bits per heavy atom. The van der Waals surface area contributed by atoms with E-state index in [-0.39, 0.29) is 16.8 Å². The van der Waals surface area contributed by atoms with Crippen LogP contribution >= 0.6 is 11.6 Å². The first-order valence-corrected chi connectivity index (χ1v) is 4.26. The Balaban J connectivity index is 2.89. The molecular formula is C8H10ClN3O. The van der Waals surface area contributed by atoms with Gasteiger partial charge in [-0.15, -0.1) is 0 Å². The van der Waals surface area contributed by atoms with Gasteiger partial charge in [-0.3, -0.25) is 9.78 Å². The van der Waals surface area contributed by atoms with Gasteiger partial charge in [-0.05, 0) is 6.92 Å². The van der Waals surface area contributed by atoms with Crippen LogP contribution in [0.3, 0.4) is 0 Å². The molecule has 1 rings (SSSR count). The van der Waals surface area contributed by atoms with E-state index in [1.165, 1.54) is 12.4 Å². The van der Waals surface area contributed by atoms with Crippen LogP contribution in [0.4, 0.5) is 0 Å². The summed E-state index contributed by atoms with van der Waals surface area (Å²) in [4.78, 5) is 20.7. The fourth-order valence-corrected chi connectivity index (χ4v) is 0.932. The van der Waals surface area contributed by atoms with Crippen molar-refractivity contribution in [2.45, 2.75) is 6.92 Å². The Kier molecular flexibility index (Phi) is 3.19. The number of amides is 1. The van der Waals surface area contributed by atoms with Crippen molar-refractivity contribution in [1.82, 2.24) is 14.9 Å². The molecule has 0 fully saturated rings. The topological polar surface area (TPSA) is 46.1 Å². The van der Waals surface area contributed by atoms with Crippen molar-refractivity contribution in [3.05, 3.63) is 23.2 Å². The van der Waals surface area contributed by atoms with Gasteiger partial charge in [0.05, 0.1) is 12.4 Å². The second kappa shape index (κ2) is 4.18. The highest BCUT2D eigenvalue weighted by atomic mass is 35.5. The minimum absolute atomic E-state index is 0.169. The lowest BCUT2D eigenvalue weighted by Crippen LogP contribution is -2.27. The Bertz CT molecular complexity index is 316. The van der Waals surface area contributed by atoms with Crippen LogP contribution in [-0.2, 0) is 0 Å². The van der Waals surface area contributed by atoms with Crippen LogP contribution in [0.1, 0.15) is 17.4 Å². The standard InChI is InChI=1S/C8H10ClN3O/c1-3-12(2)8(13)6-4-10-5-7(9)11-6/h4-5H,3H2,1-2H3. The normalized spacial score (nSPS) is 9.77. The molecule has 1 amide bonds. The van der Waals surface area contributed by atoms with E-state index in [2.05, 4.69) is 9.97 Å². The average Bonchev–Trinajstić information content (AvgIpc) is 2.15. The van der Waals surface area contributed by atoms with Crippen LogP contribution in [0, 0.1) is 0 Å². The monoisotopic (exact) mass is 199 g/mol. The molecule has 0 N–H and O–H groups in total. The zero-order chi connectivity index (χ0) is 9.84. The van der Waals surface area contributed by atoms with Crippen molar-refractivity contribution in [1.29, 1.82) is 0 Å². The largest absolute Gasteiger partial charge is 0.341 e. The summed E-state index contributed by atoms with van der Waals surface area (Å²) in [6.45, 7) is 2.52. The second-order valence-corrected chi connectivity index (χ2v) is 2.93. The van der Waals surface area contributed by atoms with Gasteiger partial charge in [0, 0.05) is 13.6 Å². The number of halogens is 1. The van der Waals surface area contributed by atoms with Gasteiger partial charge >= 0.3 is 0 Å². The molecule has 0 bridgehead atoms. The lowest BCUT2D eigenvalue weighted by atomic mass is 10.4. The van der Waals surface area contributed by atoms with Crippen molar-refractivity contribution >= 4 is 17.5 Å². The third kappa shape index (κ3) is 2.39. The van der Waals surface area contributed by atoms with Gasteiger partial charge in [0.15, 0.2) is 0 Å². The van der Waals surface area contributed by atoms with E-state index in [4.69, 9.17) is 11.6 Å². The van der Waals surface area contributed by atoms with Crippen LogP contribution in [0.15, 0.2) is 12.4 Å². The predicted molar refractivity (Wildman–Crippen MR) is 49.7 cm³/mol. The van der Waals surface area contributed by atoms with Gasteiger partial charge in [-0.2, -0.15) is 0 Å². The van der Waals surface area contributed by atoms with Crippen molar-refractivity contribution in [3.8, 4) is 0 Å². The summed E-state index contributed by atoms with van der Waals surface area (Å²) >= 11 is 5.59. The summed E-state index contributed by atoms with van der Waals surface area (Å²) in [5, 5.41) is 0.232. The molecule has 13 heavy (non-hydrogen) atoms. The van der Waals surface area contributed by atoms with Gasteiger partial charge in [0.2, 0.25) is 0 Å². The highest BCUT2D eigenvalue weighted by molar-refractivity contribution is 6.29. The van der Waals surface area contributed by atoms with Gasteiger partial charge in [0.1, 0.15) is 10.8 Å². The quantitative estimate of drug-likeness (QED) is 0.720. The molecule has 0 aliphatic heterocycles. The van der Waals surface area contributed by atoms with Gasteiger partial charge in [0.25, 0.3) is 5.91 Å². The first-order chi connectivity index (χ1) is 6.15. The number of nitrogens with zero attached hydrogens (tertiary/aromatic N) is 3. The fraction of sp³-hybridized carbons (Fsp3) is 0.375. The minimum Gasteiger partial charge on any atom is -0.341 e. The van der Waals surface area contributed by atoms with Crippen LogP contribution in [-0.4, -0.2) is 34.4 Å². The fourth-order valence-electron chi connectivity index (χ4n) is 0.784. The van der Waals surface area contributed by atoms with Crippen molar-refractivity contribution in [3.63, 3.8) is 0 Å². The number of carbonyl (C=O) groups is 1. The molecule has 4 nitrogen and oxygen atoms in total. The van der Waals surface area contributed by atoms with E-state index in [1.54, 1.807) is 11.9 Å². The number of aromatic nitrogens is 2. The van der Waals surface area contributed by atoms with Crippen LogP contribution in [0.2, 0.25) is 5.15 Å². The third-order valence-corrected chi connectivity index (χ3v) is 1.83. The van der Waals surface area contributed by atoms with Crippen molar-refractivity contribution in [2.75, 3.05) is 13.6 Å². The predicted octanol–water partition coefficient (Wildman–Crippen LogP) is 1.22. The lowest BCUT2D eigenvalue weighted by Gasteiger charge is -2.12. The molecule has 0 saturated carbocycles. The van der Waals surface area contributed by atoms with Gasteiger partial charge in [-0.25, -0.2) is 4.98 Å². The lowest BCUT2D eigenvalue weighted by molar-refractivity contribution is 0.0796. The molecule has 0 saturated heterocycles. The maximum absolute atomic E-state index is 11.5. The number of hydrogen-bond donors (Lipinski definition) is 0. The average molecular weight is 200 g/mol. The number of rotatable bonds is 2. The van der Waals surface area contributed by atoms with Crippen LogP contribution in [0.5, 0.6) is 0 Å². The third-order valence-electron chi connectivity index (χ3n) is 1.65. The molecule has 70 valence electrons. The second-order valence-electron chi connectivity index (χ2n) is 2.55. The van der Waals surface area contributed by atoms with Crippen molar-refractivity contribution < 1.29 is 4.79 Å². The zero-order valence-electron chi connectivity index (χ0n) is 7.49. The highest BCUT2D eigenvalue weighted by Crippen LogP contribution is 2.04. The summed E-state index contributed by atoms with van der Waals surface area (Å²) in [5.74, 6) is -0.169. The maximum atomic E-state index is 11.5. The molecule has 1 heterocycles. The van der Waals surface area contributed by atoms with E-state index in [0.717, 1.165) is 0 Å². The zero-order valence-corrected chi connectivity index (χ0v) is 8.25. The van der Waals surface area contributed by atoms with E-state index in [1.807, 2.05) is 6.92 Å². The molecule has 0 radical (unpaired) electrons. The summed E-state index contributed by atoms with van der Waals surface area (Å²) in [6, 6.07) is 0. The highest BCUT2D eigenvalue weighted by Gasteiger charge is 2.11. The Morgan fingerprint density at radius 2 is 2.31 bits per heavy atom. The molecule has 1 aromatic heterocycles. The number of hydrogen-bond acceptors (Lipinski definition) is 3. The molecular weight excluding hydrogens is 190 g/mol. The molecule has 0 atom stereocenters. The Morgan fingerprint density at radius 3 is 2.85 bits per heavy atom. The number of carbonyl (C=O) groups excluding carboxylic acids is 1. The molecule has 0 aromatic carbocycles. The summed E-state index contributed by atoms with van der Waals surface area (Å²) in [7, 11) is 1.70. The molecule has 0 aliphatic rings. The Labute approximate surface area is 81.6 Å². The van der Waals surface area contributed by atoms with Gasteiger partial charge in [-0.1, -0.05) is 11.6 Å². The van der Waals surface area contributed by atoms with Crippen LogP contribution in [0.25, 0.3) is 0 Å². The molecule has 0 aliphatic carbocycles. The minimum atomic E-state index is -0.169. The first-order valence-electron chi connectivity index (χ1n) is 3.88. The van der Waals surface area contributed by atoms with Crippen molar-refractivity contribution in [2.24, 2.45) is 0 Å². The summed E-state index contributed by atoms with van der Waals surface area (Å²) in [6.07, 6.45) is 2.80. The van der Waals surface area contributed by atoms with E-state index in [9.17, 15) is 4.79 Å². The maximum Gasteiger partial charge on any atom is 0.273 e. The van der Waals surface area contributed by atoms with Crippen LogP contribution < -0.4 is 0 Å². The molecule has 0 unspecified atom stereocenters. The smallest absolute Gasteiger partial charge is 0.273 e. The van der Waals surface area contributed by atoms with Gasteiger partial charge < -0.3 is 4.90 Å².